The van der Waals surface area contributed by atoms with Crippen LogP contribution in [0.5, 0.6) is 0 Å². The lowest BCUT2D eigenvalue weighted by atomic mass is 10.00. The molecule has 0 unspecified atom stereocenters. The number of nitrogens with zero attached hydrogens (tertiary/aromatic N) is 3. The SMILES string of the molecule is CC(=O)N1CCN(C2CN(C(=O)c3cccc4ccccc34)C2)CC1. The molecular weight excluding hydrogens is 314 g/mol. The van der Waals surface area contributed by atoms with Gasteiger partial charge in [-0.3, -0.25) is 14.5 Å². The second-order valence-corrected chi connectivity index (χ2v) is 6.93. The van der Waals surface area contributed by atoms with E-state index in [1.165, 1.54) is 0 Å². The highest BCUT2D eigenvalue weighted by Gasteiger charge is 2.36. The van der Waals surface area contributed by atoms with Crippen LogP contribution in [0.4, 0.5) is 0 Å². The summed E-state index contributed by atoms with van der Waals surface area (Å²) in [5, 5.41) is 2.12. The molecule has 0 radical (unpaired) electrons. The van der Waals surface area contributed by atoms with Crippen molar-refractivity contribution < 1.29 is 9.59 Å². The van der Waals surface area contributed by atoms with Gasteiger partial charge in [0, 0.05) is 57.8 Å². The van der Waals surface area contributed by atoms with Gasteiger partial charge in [0.25, 0.3) is 5.91 Å². The molecule has 2 aromatic carbocycles. The molecule has 130 valence electrons. The summed E-state index contributed by atoms with van der Waals surface area (Å²) in [5.41, 5.74) is 0.790. The molecule has 4 rings (SSSR count). The first kappa shape index (κ1) is 16.1. The van der Waals surface area contributed by atoms with E-state index in [-0.39, 0.29) is 11.8 Å². The van der Waals surface area contributed by atoms with Crippen molar-refractivity contribution in [1.29, 1.82) is 0 Å². The number of hydrogen-bond donors (Lipinski definition) is 0. The lowest BCUT2D eigenvalue weighted by Gasteiger charge is -2.48. The van der Waals surface area contributed by atoms with Crippen molar-refractivity contribution in [2.75, 3.05) is 39.3 Å². The average Bonchev–Trinajstić information content (AvgIpc) is 2.60. The molecule has 0 aliphatic carbocycles. The summed E-state index contributed by atoms with van der Waals surface area (Å²) in [6.07, 6.45) is 0. The number of carbonyl (C=O) groups excluding carboxylic acids is 2. The summed E-state index contributed by atoms with van der Waals surface area (Å²) in [4.78, 5) is 30.5. The monoisotopic (exact) mass is 337 g/mol. The van der Waals surface area contributed by atoms with E-state index in [1.54, 1.807) is 6.92 Å². The predicted molar refractivity (Wildman–Crippen MR) is 97.5 cm³/mol. The second kappa shape index (κ2) is 6.48. The molecule has 2 aliphatic rings. The number of amides is 2. The van der Waals surface area contributed by atoms with Crippen LogP contribution >= 0.6 is 0 Å². The second-order valence-electron chi connectivity index (χ2n) is 6.93. The van der Waals surface area contributed by atoms with Gasteiger partial charge in [0.1, 0.15) is 0 Å². The van der Waals surface area contributed by atoms with Gasteiger partial charge < -0.3 is 9.80 Å². The van der Waals surface area contributed by atoms with E-state index in [2.05, 4.69) is 4.90 Å². The third-order valence-electron chi connectivity index (χ3n) is 5.45. The molecule has 25 heavy (non-hydrogen) atoms. The molecule has 0 bridgehead atoms. The number of benzene rings is 2. The Morgan fingerprint density at radius 1 is 0.880 bits per heavy atom. The minimum Gasteiger partial charge on any atom is -0.340 e. The van der Waals surface area contributed by atoms with Crippen molar-refractivity contribution in [3.63, 3.8) is 0 Å². The molecule has 5 nitrogen and oxygen atoms in total. The van der Waals surface area contributed by atoms with Crippen LogP contribution in [0.3, 0.4) is 0 Å². The van der Waals surface area contributed by atoms with Crippen LogP contribution in [0, 0.1) is 0 Å². The summed E-state index contributed by atoms with van der Waals surface area (Å²) in [7, 11) is 0. The van der Waals surface area contributed by atoms with Crippen LogP contribution in [0.1, 0.15) is 17.3 Å². The Hall–Kier alpha value is -2.40. The van der Waals surface area contributed by atoms with Gasteiger partial charge in [-0.25, -0.2) is 0 Å². The fourth-order valence-corrected chi connectivity index (χ4v) is 3.84. The summed E-state index contributed by atoms with van der Waals surface area (Å²) >= 11 is 0. The van der Waals surface area contributed by atoms with Crippen molar-refractivity contribution in [3.05, 3.63) is 48.0 Å². The third kappa shape index (κ3) is 3.00. The van der Waals surface area contributed by atoms with Gasteiger partial charge in [0.2, 0.25) is 5.91 Å². The highest BCUT2D eigenvalue weighted by Crippen LogP contribution is 2.24. The molecule has 2 aromatic rings. The number of fused-ring (bicyclic) bond motifs is 1. The van der Waals surface area contributed by atoms with Gasteiger partial charge in [0.15, 0.2) is 0 Å². The number of rotatable bonds is 2. The normalized spacial score (nSPS) is 19.1. The van der Waals surface area contributed by atoms with E-state index in [4.69, 9.17) is 0 Å². The fraction of sp³-hybridized carbons (Fsp3) is 0.400. The van der Waals surface area contributed by atoms with Crippen molar-refractivity contribution in [3.8, 4) is 0 Å². The maximum Gasteiger partial charge on any atom is 0.254 e. The van der Waals surface area contributed by atoms with Gasteiger partial charge in [-0.05, 0) is 16.8 Å². The Bertz CT molecular complexity index is 800. The molecule has 5 heteroatoms. The standard InChI is InChI=1S/C20H23N3O2/c1-15(24)21-9-11-22(12-10-21)17-13-23(14-17)20(25)19-8-4-6-16-5-2-3-7-18(16)19/h2-8,17H,9-14H2,1H3. The van der Waals surface area contributed by atoms with Crippen LogP contribution < -0.4 is 0 Å². The van der Waals surface area contributed by atoms with Gasteiger partial charge >= 0.3 is 0 Å². The van der Waals surface area contributed by atoms with Crippen molar-refractivity contribution in [1.82, 2.24) is 14.7 Å². The predicted octanol–water partition coefficient (Wildman–Crippen LogP) is 1.83. The lowest BCUT2D eigenvalue weighted by Crippen LogP contribution is -2.64. The van der Waals surface area contributed by atoms with Crippen molar-refractivity contribution in [2.45, 2.75) is 13.0 Å². The highest BCUT2D eigenvalue weighted by atomic mass is 16.2. The molecule has 0 N–H and O–H groups in total. The summed E-state index contributed by atoms with van der Waals surface area (Å²) in [5.74, 6) is 0.274. The van der Waals surface area contributed by atoms with Gasteiger partial charge in [0.05, 0.1) is 0 Å². The minimum absolute atomic E-state index is 0.121. The maximum atomic E-state index is 12.9. The van der Waals surface area contributed by atoms with Crippen LogP contribution in [0.15, 0.2) is 42.5 Å². The number of hydrogen-bond acceptors (Lipinski definition) is 3. The largest absolute Gasteiger partial charge is 0.340 e. The maximum absolute atomic E-state index is 12.9. The van der Waals surface area contributed by atoms with Crippen LogP contribution in [0.25, 0.3) is 10.8 Å². The minimum atomic E-state index is 0.121. The first-order valence-electron chi connectivity index (χ1n) is 8.90. The van der Waals surface area contributed by atoms with E-state index in [0.29, 0.717) is 6.04 Å². The lowest BCUT2D eigenvalue weighted by molar-refractivity contribution is -0.131. The Kier molecular flexibility index (Phi) is 4.17. The van der Waals surface area contributed by atoms with Crippen molar-refractivity contribution >= 4 is 22.6 Å². The topological polar surface area (TPSA) is 43.9 Å². The van der Waals surface area contributed by atoms with E-state index < -0.39 is 0 Å². The zero-order valence-electron chi connectivity index (χ0n) is 14.5. The zero-order chi connectivity index (χ0) is 17.4. The molecule has 2 amide bonds. The Balaban J connectivity index is 1.39. The summed E-state index contributed by atoms with van der Waals surface area (Å²) < 4.78 is 0. The molecule has 2 aliphatic heterocycles. The molecule has 2 heterocycles. The molecule has 0 saturated carbocycles. The molecule has 2 fully saturated rings. The van der Waals surface area contributed by atoms with Crippen LogP contribution in [-0.4, -0.2) is 71.8 Å². The number of piperazine rings is 1. The van der Waals surface area contributed by atoms with E-state index >= 15 is 0 Å². The molecule has 0 atom stereocenters. The first-order chi connectivity index (χ1) is 12.1. The van der Waals surface area contributed by atoms with Gasteiger partial charge in [-0.1, -0.05) is 36.4 Å². The molecule has 2 saturated heterocycles. The average molecular weight is 337 g/mol. The number of likely N-dealkylation sites (tertiary alicyclic amines) is 1. The quantitative estimate of drug-likeness (QED) is 0.840. The zero-order valence-corrected chi connectivity index (χ0v) is 14.5. The highest BCUT2D eigenvalue weighted by molar-refractivity contribution is 6.07. The first-order valence-corrected chi connectivity index (χ1v) is 8.90. The van der Waals surface area contributed by atoms with Gasteiger partial charge in [-0.15, -0.1) is 0 Å². The molecule has 0 spiro atoms. The van der Waals surface area contributed by atoms with Crippen molar-refractivity contribution in [2.24, 2.45) is 0 Å². The Morgan fingerprint density at radius 2 is 1.56 bits per heavy atom. The van der Waals surface area contributed by atoms with E-state index in [1.807, 2.05) is 52.3 Å². The summed E-state index contributed by atoms with van der Waals surface area (Å²) in [6.45, 7) is 6.58. The van der Waals surface area contributed by atoms with Crippen LogP contribution in [0.2, 0.25) is 0 Å². The smallest absolute Gasteiger partial charge is 0.254 e. The molecular formula is C20H23N3O2. The van der Waals surface area contributed by atoms with Crippen LogP contribution in [-0.2, 0) is 4.79 Å². The van der Waals surface area contributed by atoms with Gasteiger partial charge in [-0.2, -0.15) is 0 Å². The van der Waals surface area contributed by atoms with E-state index in [9.17, 15) is 9.59 Å². The Morgan fingerprint density at radius 3 is 2.28 bits per heavy atom. The summed E-state index contributed by atoms with van der Waals surface area (Å²) in [6, 6.07) is 14.4. The third-order valence-corrected chi connectivity index (χ3v) is 5.45. The number of carbonyl (C=O) groups is 2. The Labute approximate surface area is 147 Å². The fourth-order valence-electron chi connectivity index (χ4n) is 3.84. The molecule has 0 aromatic heterocycles. The van der Waals surface area contributed by atoms with E-state index in [0.717, 1.165) is 55.6 Å².